The van der Waals surface area contributed by atoms with E-state index in [2.05, 4.69) is 5.10 Å². The molecule has 0 bridgehead atoms. The lowest BCUT2D eigenvalue weighted by Gasteiger charge is -2.19. The van der Waals surface area contributed by atoms with Gasteiger partial charge in [0.25, 0.3) is 5.91 Å². The van der Waals surface area contributed by atoms with Gasteiger partial charge in [-0.2, -0.15) is 5.10 Å². The number of carbonyl (C=O) groups is 1. The van der Waals surface area contributed by atoms with E-state index in [0.29, 0.717) is 28.3 Å². The molecule has 1 aliphatic rings. The Morgan fingerprint density at radius 1 is 1.19 bits per heavy atom. The van der Waals surface area contributed by atoms with Crippen molar-refractivity contribution in [3.63, 3.8) is 0 Å². The fourth-order valence-electron chi connectivity index (χ4n) is 3.00. The molecule has 5 nitrogen and oxygen atoms in total. The van der Waals surface area contributed by atoms with Crippen molar-refractivity contribution in [1.29, 1.82) is 0 Å². The van der Waals surface area contributed by atoms with Gasteiger partial charge in [-0.3, -0.25) is 4.79 Å². The van der Waals surface area contributed by atoms with Crippen LogP contribution in [0.1, 0.15) is 32.6 Å². The van der Waals surface area contributed by atoms with Crippen LogP contribution in [0, 0.1) is 0 Å². The molecule has 1 N–H and O–H groups in total. The molecule has 1 atom stereocenters. The van der Waals surface area contributed by atoms with Crippen LogP contribution >= 0.6 is 22.7 Å². The predicted octanol–water partition coefficient (Wildman–Crippen LogP) is 4.52. The molecule has 1 amide bonds. The highest BCUT2D eigenvalue weighted by atomic mass is 32.1. The number of carbonyl (C=O) groups excluding carboxylic acids is 1. The second kappa shape index (κ2) is 6.93. The zero-order chi connectivity index (χ0) is 18.1. The molecule has 0 saturated heterocycles. The van der Waals surface area contributed by atoms with Gasteiger partial charge in [-0.15, -0.1) is 22.7 Å². The van der Waals surface area contributed by atoms with Gasteiger partial charge >= 0.3 is 0 Å². The van der Waals surface area contributed by atoms with Crippen LogP contribution < -0.4 is 4.74 Å². The lowest BCUT2D eigenvalue weighted by Crippen LogP contribution is -2.25. The van der Waals surface area contributed by atoms with Crippen molar-refractivity contribution in [2.75, 3.05) is 7.11 Å². The van der Waals surface area contributed by atoms with Crippen LogP contribution in [-0.4, -0.2) is 28.8 Å². The summed E-state index contributed by atoms with van der Waals surface area (Å²) in [5.41, 5.74) is 1.26. The van der Waals surface area contributed by atoms with Crippen LogP contribution in [-0.2, 0) is 0 Å². The minimum absolute atomic E-state index is 0.0455. The molecule has 7 heteroatoms. The summed E-state index contributed by atoms with van der Waals surface area (Å²) in [7, 11) is 1.51. The average molecular weight is 384 g/mol. The van der Waals surface area contributed by atoms with Gasteiger partial charge in [-0.05, 0) is 35.0 Å². The molecule has 3 heterocycles. The maximum atomic E-state index is 12.9. The number of aromatic hydroxyl groups is 1. The number of phenolic OH excluding ortho intramolecular Hbond substituents is 1. The molecule has 1 aromatic carbocycles. The molecule has 0 fully saturated rings. The number of phenols is 1. The highest BCUT2D eigenvalue weighted by molar-refractivity contribution is 7.12. The number of hydrogen-bond acceptors (Lipinski definition) is 6. The molecule has 4 rings (SSSR count). The van der Waals surface area contributed by atoms with E-state index in [1.807, 2.05) is 29.0 Å². The molecule has 1 aliphatic heterocycles. The molecule has 132 valence electrons. The molecule has 0 radical (unpaired) electrons. The first-order valence-corrected chi connectivity index (χ1v) is 9.79. The number of ether oxygens (including phenoxy) is 1. The number of benzene rings is 1. The summed E-state index contributed by atoms with van der Waals surface area (Å²) < 4.78 is 5.20. The number of amides is 1. The standard InChI is InChI=1S/C19H16N2O3S2/c1-24-15-6-2-5-12(18(15)22)13-11-14(16-7-3-9-25-16)21(20-13)19(23)17-8-4-10-26-17/h2-10,14,22H,11H2,1H3. The normalized spacial score (nSPS) is 16.6. The van der Waals surface area contributed by atoms with Gasteiger partial charge in [0, 0.05) is 16.9 Å². The van der Waals surface area contributed by atoms with Gasteiger partial charge in [0.1, 0.15) is 0 Å². The van der Waals surface area contributed by atoms with E-state index in [1.165, 1.54) is 23.5 Å². The molecule has 0 spiro atoms. The van der Waals surface area contributed by atoms with Gasteiger partial charge in [0.15, 0.2) is 11.5 Å². The van der Waals surface area contributed by atoms with Gasteiger partial charge in [0.2, 0.25) is 0 Å². The number of hydrogen-bond donors (Lipinski definition) is 1. The minimum Gasteiger partial charge on any atom is -0.504 e. The van der Waals surface area contributed by atoms with Crippen molar-refractivity contribution in [1.82, 2.24) is 5.01 Å². The third kappa shape index (κ3) is 2.89. The van der Waals surface area contributed by atoms with Crippen LogP contribution in [0.4, 0.5) is 0 Å². The zero-order valence-corrected chi connectivity index (χ0v) is 15.6. The minimum atomic E-state index is -0.176. The van der Waals surface area contributed by atoms with Gasteiger partial charge < -0.3 is 9.84 Å². The van der Waals surface area contributed by atoms with Gasteiger partial charge in [-0.25, -0.2) is 5.01 Å². The summed E-state index contributed by atoms with van der Waals surface area (Å²) in [5.74, 6) is 0.306. The monoisotopic (exact) mass is 384 g/mol. The highest BCUT2D eigenvalue weighted by Crippen LogP contribution is 2.39. The first-order valence-electron chi connectivity index (χ1n) is 8.03. The van der Waals surface area contributed by atoms with Crippen molar-refractivity contribution >= 4 is 34.3 Å². The van der Waals surface area contributed by atoms with Crippen molar-refractivity contribution in [3.05, 3.63) is 68.5 Å². The second-order valence-electron chi connectivity index (χ2n) is 5.77. The van der Waals surface area contributed by atoms with Crippen LogP contribution in [0.25, 0.3) is 0 Å². The van der Waals surface area contributed by atoms with Gasteiger partial charge in [-0.1, -0.05) is 18.2 Å². The third-order valence-electron chi connectivity index (χ3n) is 4.25. The third-order valence-corrected chi connectivity index (χ3v) is 6.08. The Balaban J connectivity index is 1.75. The SMILES string of the molecule is COc1cccc(C2=NN(C(=O)c3cccs3)C(c3cccs3)C2)c1O. The number of rotatable bonds is 4. The fraction of sp³-hybridized carbons (Fsp3) is 0.158. The Labute approximate surface area is 158 Å². The topological polar surface area (TPSA) is 62.1 Å². The van der Waals surface area contributed by atoms with Crippen molar-refractivity contribution < 1.29 is 14.6 Å². The molecular weight excluding hydrogens is 368 g/mol. The summed E-state index contributed by atoms with van der Waals surface area (Å²) in [6.45, 7) is 0. The summed E-state index contributed by atoms with van der Waals surface area (Å²) in [5, 5.41) is 20.5. The maximum absolute atomic E-state index is 12.9. The Morgan fingerprint density at radius 3 is 2.69 bits per heavy atom. The van der Waals surface area contributed by atoms with E-state index < -0.39 is 0 Å². The Kier molecular flexibility index (Phi) is 4.48. The summed E-state index contributed by atoms with van der Waals surface area (Å²) in [6.07, 6.45) is 0.540. The van der Waals surface area contributed by atoms with Crippen LogP contribution in [0.15, 0.2) is 58.3 Å². The average Bonchev–Trinajstić information content (AvgIpc) is 3.42. The first-order chi connectivity index (χ1) is 12.7. The van der Waals surface area contributed by atoms with E-state index >= 15 is 0 Å². The molecule has 1 unspecified atom stereocenters. The highest BCUT2D eigenvalue weighted by Gasteiger charge is 2.35. The smallest absolute Gasteiger partial charge is 0.284 e. The summed E-state index contributed by atoms with van der Waals surface area (Å²) in [4.78, 5) is 14.7. The molecule has 2 aromatic heterocycles. The van der Waals surface area contributed by atoms with E-state index in [-0.39, 0.29) is 17.7 Å². The quantitative estimate of drug-likeness (QED) is 0.720. The van der Waals surface area contributed by atoms with E-state index in [4.69, 9.17) is 4.74 Å². The number of para-hydroxylation sites is 1. The number of hydrazone groups is 1. The van der Waals surface area contributed by atoms with E-state index in [1.54, 1.807) is 35.6 Å². The lowest BCUT2D eigenvalue weighted by molar-refractivity contribution is 0.0719. The molecular formula is C19H16N2O3S2. The summed E-state index contributed by atoms with van der Waals surface area (Å²) >= 11 is 2.99. The molecule has 26 heavy (non-hydrogen) atoms. The van der Waals surface area contributed by atoms with Crippen LogP contribution in [0.2, 0.25) is 0 Å². The van der Waals surface area contributed by atoms with Crippen molar-refractivity contribution in [3.8, 4) is 11.5 Å². The fourth-order valence-corrected chi connectivity index (χ4v) is 4.46. The number of nitrogens with zero attached hydrogens (tertiary/aromatic N) is 2. The van der Waals surface area contributed by atoms with Gasteiger partial charge in [0.05, 0.1) is 23.7 Å². The predicted molar refractivity (Wildman–Crippen MR) is 103 cm³/mol. The molecule has 0 saturated carbocycles. The largest absolute Gasteiger partial charge is 0.504 e. The Bertz CT molecular complexity index is 949. The second-order valence-corrected chi connectivity index (χ2v) is 7.69. The summed E-state index contributed by atoms with van der Waals surface area (Å²) in [6, 6.07) is 12.7. The Hall–Kier alpha value is -2.64. The molecule has 3 aromatic rings. The lowest BCUT2D eigenvalue weighted by atomic mass is 10.0. The van der Waals surface area contributed by atoms with Crippen LogP contribution in [0.3, 0.4) is 0 Å². The Morgan fingerprint density at radius 2 is 2.00 bits per heavy atom. The number of thiophene rings is 2. The van der Waals surface area contributed by atoms with Crippen molar-refractivity contribution in [2.45, 2.75) is 12.5 Å². The van der Waals surface area contributed by atoms with E-state index in [0.717, 1.165) is 4.88 Å². The van der Waals surface area contributed by atoms with Crippen LogP contribution in [0.5, 0.6) is 11.5 Å². The molecule has 0 aliphatic carbocycles. The maximum Gasteiger partial charge on any atom is 0.284 e. The zero-order valence-electron chi connectivity index (χ0n) is 14.0. The van der Waals surface area contributed by atoms with Crippen molar-refractivity contribution in [2.24, 2.45) is 5.10 Å². The van der Waals surface area contributed by atoms with E-state index in [9.17, 15) is 9.90 Å². The number of methoxy groups -OCH3 is 1. The first kappa shape index (κ1) is 16.8.